The van der Waals surface area contributed by atoms with Gasteiger partial charge in [0, 0.05) is 6.42 Å². The molecule has 0 unspecified atom stereocenters. The van der Waals surface area contributed by atoms with Crippen LogP contribution >= 0.6 is 0 Å². The second-order valence-electron chi connectivity index (χ2n) is 2.35. The highest BCUT2D eigenvalue weighted by Crippen LogP contribution is 2.26. The van der Waals surface area contributed by atoms with E-state index in [1.807, 2.05) is 0 Å². The first kappa shape index (κ1) is 8.39. The van der Waals surface area contributed by atoms with Gasteiger partial charge in [-0.25, -0.2) is 0 Å². The van der Waals surface area contributed by atoms with Gasteiger partial charge in [-0.05, 0) is 22.9 Å². The summed E-state index contributed by atoms with van der Waals surface area (Å²) in [5.41, 5.74) is 0.902. The van der Waals surface area contributed by atoms with Gasteiger partial charge in [0.15, 0.2) is 0 Å². The molecule has 1 rings (SSSR count). The van der Waals surface area contributed by atoms with Crippen molar-refractivity contribution in [3.8, 4) is 5.75 Å². The van der Waals surface area contributed by atoms with Crippen molar-refractivity contribution in [2.45, 2.75) is 6.42 Å². The zero-order valence-corrected chi connectivity index (χ0v) is 6.40. The predicted octanol–water partition coefficient (Wildman–Crippen LogP) is 0.162. The molecule has 0 fully saturated rings. The maximum atomic E-state index is 10.1. The van der Waals surface area contributed by atoms with Gasteiger partial charge < -0.3 is 5.11 Å². The predicted molar refractivity (Wildman–Crippen MR) is 45.3 cm³/mol. The van der Waals surface area contributed by atoms with E-state index < -0.39 is 0 Å². The summed E-state index contributed by atoms with van der Waals surface area (Å²) in [5.74, 6) is -0.106. The quantitative estimate of drug-likeness (QED) is 0.494. The minimum absolute atomic E-state index is 0.0503. The first-order chi connectivity index (χ1) is 5.77. The Kier molecular flexibility index (Phi) is 2.53. The molecule has 0 aliphatic heterocycles. The first-order valence-corrected chi connectivity index (χ1v) is 3.46. The van der Waals surface area contributed by atoms with Gasteiger partial charge in [0.05, 0.1) is 0 Å². The molecule has 0 heterocycles. The molecule has 0 spiro atoms. The third-order valence-electron chi connectivity index (χ3n) is 1.49. The van der Waals surface area contributed by atoms with Crippen molar-refractivity contribution in [3.05, 3.63) is 28.7 Å². The number of phenolic OH excluding ortho intramolecular Hbond substituents is 1. The topological polar surface area (TPSA) is 75.2 Å². The fourth-order valence-electron chi connectivity index (χ4n) is 0.905. The van der Waals surface area contributed by atoms with Gasteiger partial charge in [0.1, 0.15) is 17.7 Å². The van der Waals surface area contributed by atoms with Crippen LogP contribution in [0.5, 0.6) is 5.75 Å². The van der Waals surface area contributed by atoms with Crippen molar-refractivity contribution in [2.75, 3.05) is 0 Å². The van der Waals surface area contributed by atoms with Gasteiger partial charge >= 0.3 is 0 Å². The second kappa shape index (κ2) is 3.61. The summed E-state index contributed by atoms with van der Waals surface area (Å²) < 4.78 is 0. The van der Waals surface area contributed by atoms with Crippen LogP contribution in [0.1, 0.15) is 5.56 Å². The third-order valence-corrected chi connectivity index (χ3v) is 1.49. The molecule has 62 valence electrons. The van der Waals surface area contributed by atoms with Gasteiger partial charge in [-0.3, -0.25) is 5.41 Å². The molecular formula is C8H9N2O2+. The van der Waals surface area contributed by atoms with Crippen LogP contribution in [0.3, 0.4) is 0 Å². The number of nitrogens with two attached hydrogens (primary N) is 1. The van der Waals surface area contributed by atoms with Crippen molar-refractivity contribution in [2.24, 2.45) is 5.18 Å². The minimum atomic E-state index is -0.106. The Morgan fingerprint density at radius 2 is 2.33 bits per heavy atom. The molecule has 0 atom stereocenters. The molecule has 0 bridgehead atoms. The molecule has 0 radical (unpaired) electrons. The Morgan fingerprint density at radius 1 is 1.58 bits per heavy atom. The van der Waals surface area contributed by atoms with E-state index in [2.05, 4.69) is 5.18 Å². The van der Waals surface area contributed by atoms with Crippen LogP contribution in [-0.4, -0.2) is 11.3 Å². The Morgan fingerprint density at radius 3 is 2.92 bits per heavy atom. The molecule has 0 aliphatic rings. The van der Waals surface area contributed by atoms with E-state index in [4.69, 9.17) is 10.5 Å². The Balaban J connectivity index is 3.04. The van der Waals surface area contributed by atoms with E-state index in [0.29, 0.717) is 6.42 Å². The van der Waals surface area contributed by atoms with Gasteiger partial charge in [-0.15, -0.1) is 4.91 Å². The highest BCUT2D eigenvalue weighted by atomic mass is 16.3. The average molecular weight is 165 g/mol. The number of hydrogen-bond acceptors (Lipinski definition) is 3. The molecular weight excluding hydrogens is 156 g/mol. The number of nitroso groups, excluding NO2 is 1. The van der Waals surface area contributed by atoms with Crippen molar-refractivity contribution in [1.29, 1.82) is 0 Å². The van der Waals surface area contributed by atoms with E-state index in [1.54, 1.807) is 6.07 Å². The number of aromatic hydroxyl groups is 1. The zero-order valence-electron chi connectivity index (χ0n) is 6.40. The lowest BCUT2D eigenvalue weighted by Crippen LogP contribution is -2.30. The highest BCUT2D eigenvalue weighted by molar-refractivity contribution is 5.59. The highest BCUT2D eigenvalue weighted by Gasteiger charge is 2.01. The smallest absolute Gasteiger partial charge is 0.149 e. The average Bonchev–Trinajstić information content (AvgIpc) is 2.09. The third kappa shape index (κ3) is 1.66. The summed E-state index contributed by atoms with van der Waals surface area (Å²) in [6, 6.07) is 4.62. The SMILES string of the molecule is [NH2+]=CCc1ccc(O)c(N=O)c1. The summed E-state index contributed by atoms with van der Waals surface area (Å²) in [6.07, 6.45) is 2.03. The Labute approximate surface area is 69.3 Å². The molecule has 0 saturated carbocycles. The van der Waals surface area contributed by atoms with Gasteiger partial charge in [0.25, 0.3) is 0 Å². The van der Waals surface area contributed by atoms with Crippen molar-refractivity contribution >= 4 is 11.9 Å². The Bertz CT molecular complexity index is 310. The summed E-state index contributed by atoms with van der Waals surface area (Å²) in [4.78, 5) is 10.1. The molecule has 0 amide bonds. The lowest BCUT2D eigenvalue weighted by molar-refractivity contribution is -0.107. The van der Waals surface area contributed by atoms with E-state index in [0.717, 1.165) is 5.56 Å². The standard InChI is InChI=1S/C8H8N2O2/c9-4-3-6-1-2-8(11)7(5-6)10-12/h1-2,4-5,9,11H,3H2/p+1. The molecule has 3 N–H and O–H groups in total. The van der Waals surface area contributed by atoms with Crippen LogP contribution in [0.15, 0.2) is 23.4 Å². The van der Waals surface area contributed by atoms with Crippen LogP contribution in [0.4, 0.5) is 5.69 Å². The van der Waals surface area contributed by atoms with Crippen LogP contribution in [0, 0.1) is 4.91 Å². The summed E-state index contributed by atoms with van der Waals surface area (Å²) >= 11 is 0. The van der Waals surface area contributed by atoms with Gasteiger partial charge in [-0.2, -0.15) is 0 Å². The summed E-state index contributed by atoms with van der Waals surface area (Å²) in [6.45, 7) is 0. The van der Waals surface area contributed by atoms with Crippen LogP contribution in [0.25, 0.3) is 0 Å². The van der Waals surface area contributed by atoms with E-state index in [9.17, 15) is 4.91 Å². The van der Waals surface area contributed by atoms with Crippen molar-refractivity contribution < 1.29 is 10.5 Å². The first-order valence-electron chi connectivity index (χ1n) is 3.46. The molecule has 12 heavy (non-hydrogen) atoms. The molecule has 4 heteroatoms. The van der Waals surface area contributed by atoms with E-state index in [1.165, 1.54) is 18.3 Å². The van der Waals surface area contributed by atoms with Crippen LogP contribution < -0.4 is 5.41 Å². The Hall–Kier alpha value is -1.71. The number of rotatable bonds is 3. The maximum Gasteiger partial charge on any atom is 0.149 e. The largest absolute Gasteiger partial charge is 0.506 e. The molecule has 0 saturated heterocycles. The number of benzene rings is 1. The number of hydrogen-bond donors (Lipinski definition) is 2. The second-order valence-corrected chi connectivity index (χ2v) is 2.35. The van der Waals surface area contributed by atoms with E-state index >= 15 is 0 Å². The van der Waals surface area contributed by atoms with Crippen molar-refractivity contribution in [3.63, 3.8) is 0 Å². The monoisotopic (exact) mass is 165 g/mol. The minimum Gasteiger partial charge on any atom is -0.506 e. The summed E-state index contributed by atoms with van der Waals surface area (Å²) in [5, 5.41) is 16.9. The van der Waals surface area contributed by atoms with E-state index in [-0.39, 0.29) is 11.4 Å². The lowest BCUT2D eigenvalue weighted by atomic mass is 10.1. The van der Waals surface area contributed by atoms with Crippen LogP contribution in [0.2, 0.25) is 0 Å². The molecule has 1 aromatic carbocycles. The van der Waals surface area contributed by atoms with Gasteiger partial charge in [0.2, 0.25) is 0 Å². The lowest BCUT2D eigenvalue weighted by Gasteiger charge is -1.97. The van der Waals surface area contributed by atoms with Crippen LogP contribution in [-0.2, 0) is 6.42 Å². The molecule has 1 aromatic rings. The summed E-state index contributed by atoms with van der Waals surface area (Å²) in [7, 11) is 0. The number of phenols is 1. The fourth-order valence-corrected chi connectivity index (χ4v) is 0.905. The zero-order chi connectivity index (χ0) is 8.97. The molecule has 0 aliphatic carbocycles. The molecule has 4 nitrogen and oxygen atoms in total. The molecule has 0 aromatic heterocycles. The normalized spacial score (nSPS) is 9.33. The number of nitrogens with zero attached hydrogens (tertiary/aromatic N) is 1. The van der Waals surface area contributed by atoms with Gasteiger partial charge in [-0.1, -0.05) is 6.07 Å². The van der Waals surface area contributed by atoms with Crippen molar-refractivity contribution in [1.82, 2.24) is 0 Å². The fraction of sp³-hybridized carbons (Fsp3) is 0.125. The maximum absolute atomic E-state index is 10.1.